The fourth-order valence-corrected chi connectivity index (χ4v) is 4.09. The van der Waals surface area contributed by atoms with Crippen molar-refractivity contribution >= 4 is 22.4 Å². The summed E-state index contributed by atoms with van der Waals surface area (Å²) in [7, 11) is 0. The lowest BCUT2D eigenvalue weighted by Gasteiger charge is -2.41. The Labute approximate surface area is 131 Å². The summed E-state index contributed by atoms with van der Waals surface area (Å²) in [6.45, 7) is 4.58. The summed E-state index contributed by atoms with van der Waals surface area (Å²) in [6, 6.07) is 12.0. The number of hydrogen-bond donors (Lipinski definition) is 1. The lowest BCUT2D eigenvalue weighted by atomic mass is 9.65. The monoisotopic (exact) mass is 302 g/mol. The highest BCUT2D eigenvalue weighted by Crippen LogP contribution is 2.48. The molecule has 1 saturated carbocycles. The molecule has 1 fully saturated rings. The molecule has 0 saturated heterocycles. The zero-order chi connectivity index (χ0) is 15.0. The Hall–Kier alpha value is -1.05. The number of hydrogen-bond acceptors (Lipinski definition) is 1. The third-order valence-corrected chi connectivity index (χ3v) is 5.52. The van der Waals surface area contributed by atoms with Crippen molar-refractivity contribution in [3.05, 3.63) is 47.0 Å². The molecule has 0 spiro atoms. The number of halogens is 1. The molecule has 0 bridgehead atoms. The number of aliphatic hydroxyl groups is 1. The van der Waals surface area contributed by atoms with E-state index in [1.807, 2.05) is 30.3 Å². The van der Waals surface area contributed by atoms with Crippen LogP contribution in [0.2, 0.25) is 5.02 Å². The molecule has 21 heavy (non-hydrogen) atoms. The quantitative estimate of drug-likeness (QED) is 0.749. The largest absolute Gasteiger partial charge is 0.388 e. The molecule has 2 unspecified atom stereocenters. The van der Waals surface area contributed by atoms with Crippen molar-refractivity contribution in [2.45, 2.75) is 45.6 Å². The summed E-state index contributed by atoms with van der Waals surface area (Å²) in [4.78, 5) is 0. The highest BCUT2D eigenvalue weighted by Gasteiger charge is 2.37. The van der Waals surface area contributed by atoms with Gasteiger partial charge in [-0.05, 0) is 41.2 Å². The highest BCUT2D eigenvalue weighted by atomic mass is 35.5. The smallest absolute Gasteiger partial charge is 0.0829 e. The van der Waals surface area contributed by atoms with E-state index in [1.165, 1.54) is 19.3 Å². The Kier molecular flexibility index (Phi) is 3.98. The average Bonchev–Trinajstić information content (AvgIpc) is 2.47. The number of aliphatic hydroxyl groups excluding tert-OH is 1. The molecule has 3 rings (SSSR count). The molecule has 0 aromatic heterocycles. The second kappa shape index (κ2) is 5.62. The number of fused-ring (bicyclic) bond motifs is 1. The molecular formula is C19H23ClO. The molecular weight excluding hydrogens is 280 g/mol. The molecule has 1 aliphatic carbocycles. The van der Waals surface area contributed by atoms with Gasteiger partial charge in [-0.2, -0.15) is 0 Å². The second-order valence-corrected chi connectivity index (χ2v) is 7.38. The standard InChI is InChI=1S/C19H23ClO/c1-19(2)12-6-5-9-16(19)18(21)15-10-11-17(20)14-8-4-3-7-13(14)15/h3-4,7-8,10-11,16,18,21H,5-6,9,12H2,1-2H3. The minimum Gasteiger partial charge on any atom is -0.388 e. The van der Waals surface area contributed by atoms with Gasteiger partial charge in [0.1, 0.15) is 0 Å². The third kappa shape index (κ3) is 2.69. The summed E-state index contributed by atoms with van der Waals surface area (Å²) in [5.41, 5.74) is 1.22. The lowest BCUT2D eigenvalue weighted by molar-refractivity contribution is 0.00468. The van der Waals surface area contributed by atoms with E-state index in [4.69, 9.17) is 11.6 Å². The second-order valence-electron chi connectivity index (χ2n) is 6.97. The van der Waals surface area contributed by atoms with Crippen LogP contribution in [0.25, 0.3) is 10.8 Å². The molecule has 0 aliphatic heterocycles. The van der Waals surface area contributed by atoms with E-state index < -0.39 is 6.10 Å². The molecule has 2 atom stereocenters. The van der Waals surface area contributed by atoms with Crippen LogP contribution < -0.4 is 0 Å². The van der Waals surface area contributed by atoms with Crippen LogP contribution in [0.5, 0.6) is 0 Å². The molecule has 112 valence electrons. The molecule has 0 heterocycles. The highest BCUT2D eigenvalue weighted by molar-refractivity contribution is 6.35. The van der Waals surface area contributed by atoms with Crippen molar-refractivity contribution in [2.24, 2.45) is 11.3 Å². The maximum Gasteiger partial charge on any atom is 0.0829 e. The van der Waals surface area contributed by atoms with Crippen molar-refractivity contribution in [3.8, 4) is 0 Å². The van der Waals surface area contributed by atoms with Crippen LogP contribution in [0.1, 0.15) is 51.2 Å². The number of benzene rings is 2. The van der Waals surface area contributed by atoms with E-state index >= 15 is 0 Å². The predicted molar refractivity (Wildman–Crippen MR) is 89.7 cm³/mol. The van der Waals surface area contributed by atoms with Crippen molar-refractivity contribution in [3.63, 3.8) is 0 Å². The SMILES string of the molecule is CC1(C)CCCCC1C(O)c1ccc(Cl)c2ccccc12. The van der Waals surface area contributed by atoms with Crippen LogP contribution in [0.4, 0.5) is 0 Å². The Morgan fingerprint density at radius 2 is 1.81 bits per heavy atom. The minimum atomic E-state index is -0.414. The minimum absolute atomic E-state index is 0.193. The fraction of sp³-hybridized carbons (Fsp3) is 0.474. The fourth-order valence-electron chi connectivity index (χ4n) is 3.87. The van der Waals surface area contributed by atoms with E-state index in [0.717, 1.165) is 27.8 Å². The van der Waals surface area contributed by atoms with Crippen LogP contribution in [-0.4, -0.2) is 5.11 Å². The van der Waals surface area contributed by atoms with E-state index in [0.29, 0.717) is 5.92 Å². The molecule has 0 amide bonds. The van der Waals surface area contributed by atoms with Gasteiger partial charge in [-0.3, -0.25) is 0 Å². The first kappa shape index (κ1) is 14.9. The van der Waals surface area contributed by atoms with Crippen LogP contribution >= 0.6 is 11.6 Å². The molecule has 2 heteroatoms. The topological polar surface area (TPSA) is 20.2 Å². The third-order valence-electron chi connectivity index (χ3n) is 5.19. The van der Waals surface area contributed by atoms with E-state index in [9.17, 15) is 5.11 Å². The Morgan fingerprint density at radius 1 is 1.10 bits per heavy atom. The van der Waals surface area contributed by atoms with Gasteiger partial charge in [-0.15, -0.1) is 0 Å². The average molecular weight is 303 g/mol. The van der Waals surface area contributed by atoms with Crippen LogP contribution in [0, 0.1) is 11.3 Å². The molecule has 0 radical (unpaired) electrons. The van der Waals surface area contributed by atoms with Crippen LogP contribution in [0.3, 0.4) is 0 Å². The Balaban J connectivity index is 2.06. The van der Waals surface area contributed by atoms with Gasteiger partial charge in [0.25, 0.3) is 0 Å². The molecule has 2 aromatic rings. The van der Waals surface area contributed by atoms with Crippen molar-refractivity contribution in [2.75, 3.05) is 0 Å². The normalized spacial score (nSPS) is 23.1. The summed E-state index contributed by atoms with van der Waals surface area (Å²) in [6.07, 6.45) is 4.38. The Bertz CT molecular complexity index is 647. The maximum absolute atomic E-state index is 11.0. The van der Waals surface area contributed by atoms with Crippen molar-refractivity contribution in [1.82, 2.24) is 0 Å². The van der Waals surface area contributed by atoms with Gasteiger partial charge in [-0.1, -0.05) is 68.6 Å². The van der Waals surface area contributed by atoms with Crippen LogP contribution in [0.15, 0.2) is 36.4 Å². The lowest BCUT2D eigenvalue weighted by Crippen LogP contribution is -2.32. The molecule has 1 N–H and O–H groups in total. The van der Waals surface area contributed by atoms with E-state index in [2.05, 4.69) is 19.9 Å². The summed E-state index contributed by atoms with van der Waals surface area (Å²) in [5.74, 6) is 0.316. The van der Waals surface area contributed by atoms with Gasteiger partial charge in [0.15, 0.2) is 0 Å². The van der Waals surface area contributed by atoms with Crippen LogP contribution in [-0.2, 0) is 0 Å². The molecule has 1 aliphatic rings. The molecule has 2 aromatic carbocycles. The van der Waals surface area contributed by atoms with Gasteiger partial charge in [0.2, 0.25) is 0 Å². The zero-order valence-electron chi connectivity index (χ0n) is 12.8. The van der Waals surface area contributed by atoms with Gasteiger partial charge in [-0.25, -0.2) is 0 Å². The predicted octanol–water partition coefficient (Wildman–Crippen LogP) is 5.74. The van der Waals surface area contributed by atoms with Gasteiger partial charge >= 0.3 is 0 Å². The van der Waals surface area contributed by atoms with Gasteiger partial charge < -0.3 is 5.11 Å². The Morgan fingerprint density at radius 3 is 2.52 bits per heavy atom. The van der Waals surface area contributed by atoms with Crippen molar-refractivity contribution in [1.29, 1.82) is 0 Å². The zero-order valence-corrected chi connectivity index (χ0v) is 13.5. The molecule has 1 nitrogen and oxygen atoms in total. The first-order valence-electron chi connectivity index (χ1n) is 7.86. The first-order valence-corrected chi connectivity index (χ1v) is 8.24. The first-order chi connectivity index (χ1) is 10.0. The summed E-state index contributed by atoms with van der Waals surface area (Å²) >= 11 is 6.29. The summed E-state index contributed by atoms with van der Waals surface area (Å²) in [5, 5.41) is 13.9. The van der Waals surface area contributed by atoms with Gasteiger partial charge in [0.05, 0.1) is 6.10 Å². The van der Waals surface area contributed by atoms with E-state index in [-0.39, 0.29) is 5.41 Å². The van der Waals surface area contributed by atoms with E-state index in [1.54, 1.807) is 0 Å². The summed E-state index contributed by atoms with van der Waals surface area (Å²) < 4.78 is 0. The maximum atomic E-state index is 11.0. The van der Waals surface area contributed by atoms with Crippen molar-refractivity contribution < 1.29 is 5.11 Å². The number of rotatable bonds is 2. The van der Waals surface area contributed by atoms with Gasteiger partial charge in [0, 0.05) is 10.4 Å².